The van der Waals surface area contributed by atoms with Gasteiger partial charge in [-0.3, -0.25) is 9.11 Å². The van der Waals surface area contributed by atoms with Crippen LogP contribution in [0.1, 0.15) is 89.0 Å². The van der Waals surface area contributed by atoms with Crippen LogP contribution in [0.3, 0.4) is 0 Å². The van der Waals surface area contributed by atoms with Crippen LogP contribution in [0.15, 0.2) is 129 Å². The van der Waals surface area contributed by atoms with Crippen molar-refractivity contribution in [1.82, 2.24) is 0 Å². The first-order chi connectivity index (χ1) is 25.3. The van der Waals surface area contributed by atoms with Gasteiger partial charge in [0, 0.05) is 46.7 Å². The maximum absolute atomic E-state index is 12.1. The SMILES string of the molecule is C=C(/C=C/C1=C(Nc2ccc(CN)cc2)C(=C/C=C2/N(CCCC)c3ccc(S(=O)(=O)O)cc3C2(C)C)/CCC1)C(C)(C)c1cc(S(=O)(=O)O)ccc1C. The molecule has 0 fully saturated rings. The quantitative estimate of drug-likeness (QED) is 0.0985. The fourth-order valence-corrected chi connectivity index (χ4v) is 8.37. The number of nitrogens with two attached hydrogens (primary N) is 1. The molecule has 0 saturated carbocycles. The van der Waals surface area contributed by atoms with Crippen LogP contribution >= 0.6 is 0 Å². The minimum atomic E-state index is -4.37. The van der Waals surface area contributed by atoms with E-state index < -0.39 is 31.1 Å². The largest absolute Gasteiger partial charge is 0.355 e. The fraction of sp³-hybridized carbons (Fsp3) is 0.349. The van der Waals surface area contributed by atoms with E-state index >= 15 is 0 Å². The van der Waals surface area contributed by atoms with Crippen LogP contribution in [-0.2, 0) is 37.6 Å². The first kappa shape index (κ1) is 40.9. The first-order valence-corrected chi connectivity index (χ1v) is 21.2. The molecule has 0 saturated heterocycles. The molecule has 0 spiro atoms. The summed E-state index contributed by atoms with van der Waals surface area (Å²) in [4.78, 5) is 2.00. The third kappa shape index (κ3) is 8.66. The van der Waals surface area contributed by atoms with E-state index in [4.69, 9.17) is 5.73 Å². The highest BCUT2D eigenvalue weighted by atomic mass is 32.2. The number of benzene rings is 3. The molecule has 5 rings (SSSR count). The second-order valence-electron chi connectivity index (χ2n) is 15.2. The average Bonchev–Trinajstić information content (AvgIpc) is 3.33. The topological polar surface area (TPSA) is 150 Å². The summed E-state index contributed by atoms with van der Waals surface area (Å²) in [6.07, 6.45) is 12.9. The Morgan fingerprint density at radius 1 is 0.963 bits per heavy atom. The molecule has 3 aromatic rings. The molecule has 288 valence electrons. The predicted octanol–water partition coefficient (Wildman–Crippen LogP) is 9.30. The van der Waals surface area contributed by atoms with Gasteiger partial charge in [0.05, 0.1) is 9.79 Å². The van der Waals surface area contributed by atoms with Crippen LogP contribution in [0, 0.1) is 6.92 Å². The fourth-order valence-electron chi connectivity index (χ4n) is 7.36. The Bertz CT molecular complexity index is 2280. The summed E-state index contributed by atoms with van der Waals surface area (Å²) in [6, 6.07) is 17.5. The van der Waals surface area contributed by atoms with Crippen molar-refractivity contribution in [2.45, 2.75) is 101 Å². The van der Waals surface area contributed by atoms with Gasteiger partial charge in [-0.2, -0.15) is 16.8 Å². The van der Waals surface area contributed by atoms with Crippen molar-refractivity contribution < 1.29 is 25.9 Å². The smallest absolute Gasteiger partial charge is 0.294 e. The molecule has 0 radical (unpaired) electrons. The molecule has 11 heteroatoms. The summed E-state index contributed by atoms with van der Waals surface area (Å²) in [6.45, 7) is 17.8. The van der Waals surface area contributed by atoms with E-state index in [-0.39, 0.29) is 9.79 Å². The lowest BCUT2D eigenvalue weighted by molar-refractivity contribution is 0.480. The molecule has 3 aromatic carbocycles. The van der Waals surface area contributed by atoms with Gasteiger partial charge in [-0.05, 0) is 120 Å². The highest BCUT2D eigenvalue weighted by molar-refractivity contribution is 7.86. The number of nitrogens with zero attached hydrogens (tertiary/aromatic N) is 1. The summed E-state index contributed by atoms with van der Waals surface area (Å²) in [5, 5.41) is 3.70. The van der Waals surface area contributed by atoms with Gasteiger partial charge >= 0.3 is 0 Å². The first-order valence-electron chi connectivity index (χ1n) is 18.4. The summed E-state index contributed by atoms with van der Waals surface area (Å²) >= 11 is 0. The molecule has 0 amide bonds. The second kappa shape index (κ2) is 15.8. The Balaban J connectivity index is 1.59. The van der Waals surface area contributed by atoms with Crippen LogP contribution in [-0.4, -0.2) is 32.5 Å². The van der Waals surface area contributed by atoms with Gasteiger partial charge in [0.25, 0.3) is 20.2 Å². The molecule has 0 bridgehead atoms. The number of hydrogen-bond donors (Lipinski definition) is 4. The number of anilines is 2. The van der Waals surface area contributed by atoms with Gasteiger partial charge in [-0.15, -0.1) is 0 Å². The third-order valence-corrected chi connectivity index (χ3v) is 12.5. The minimum Gasteiger partial charge on any atom is -0.355 e. The van der Waals surface area contributed by atoms with E-state index in [2.05, 4.69) is 55.8 Å². The number of allylic oxidation sites excluding steroid dienone is 8. The molecular formula is C43H53N3O6S2. The molecule has 1 heterocycles. The molecule has 54 heavy (non-hydrogen) atoms. The van der Waals surface area contributed by atoms with Crippen LogP contribution in [0.25, 0.3) is 0 Å². The summed E-state index contributed by atoms with van der Waals surface area (Å²) < 4.78 is 67.8. The number of unbranched alkanes of at least 4 members (excludes halogenated alkanes) is 1. The van der Waals surface area contributed by atoms with Crippen molar-refractivity contribution in [2.24, 2.45) is 5.73 Å². The van der Waals surface area contributed by atoms with E-state index in [0.717, 1.165) is 100 Å². The van der Waals surface area contributed by atoms with Gasteiger partial charge in [0.15, 0.2) is 0 Å². The molecule has 2 aliphatic rings. The van der Waals surface area contributed by atoms with E-state index in [1.54, 1.807) is 18.2 Å². The van der Waals surface area contributed by atoms with E-state index in [9.17, 15) is 25.9 Å². The molecule has 5 N–H and O–H groups in total. The summed E-state index contributed by atoms with van der Waals surface area (Å²) in [5.74, 6) is 0. The van der Waals surface area contributed by atoms with Crippen molar-refractivity contribution in [2.75, 3.05) is 16.8 Å². The summed E-state index contributed by atoms with van der Waals surface area (Å²) in [7, 11) is -8.74. The van der Waals surface area contributed by atoms with Crippen molar-refractivity contribution in [3.8, 4) is 0 Å². The van der Waals surface area contributed by atoms with Crippen LogP contribution in [0.2, 0.25) is 0 Å². The van der Waals surface area contributed by atoms with Gasteiger partial charge < -0.3 is 16.0 Å². The lowest BCUT2D eigenvalue weighted by Crippen LogP contribution is -2.27. The second-order valence-corrected chi connectivity index (χ2v) is 18.1. The lowest BCUT2D eigenvalue weighted by Gasteiger charge is -2.29. The molecule has 0 unspecified atom stereocenters. The molecule has 0 aromatic heterocycles. The monoisotopic (exact) mass is 771 g/mol. The Hall–Kier alpha value is -4.26. The Labute approximate surface area is 321 Å². The van der Waals surface area contributed by atoms with Crippen LogP contribution in [0.5, 0.6) is 0 Å². The zero-order valence-electron chi connectivity index (χ0n) is 32.1. The number of hydrogen-bond acceptors (Lipinski definition) is 7. The van der Waals surface area contributed by atoms with E-state index in [0.29, 0.717) is 6.54 Å². The maximum atomic E-state index is 12.1. The van der Waals surface area contributed by atoms with Gasteiger partial charge in [-0.25, -0.2) is 0 Å². The van der Waals surface area contributed by atoms with E-state index in [1.807, 2.05) is 51.1 Å². The highest BCUT2D eigenvalue weighted by Crippen LogP contribution is 2.49. The predicted molar refractivity (Wildman–Crippen MR) is 219 cm³/mol. The molecular weight excluding hydrogens is 719 g/mol. The van der Waals surface area contributed by atoms with Crippen molar-refractivity contribution in [3.05, 3.63) is 142 Å². The van der Waals surface area contributed by atoms with Crippen molar-refractivity contribution in [1.29, 1.82) is 0 Å². The Morgan fingerprint density at radius 2 is 1.61 bits per heavy atom. The number of fused-ring (bicyclic) bond motifs is 1. The Morgan fingerprint density at radius 3 is 2.24 bits per heavy atom. The molecule has 1 aliphatic heterocycles. The third-order valence-electron chi connectivity index (χ3n) is 10.8. The standard InChI is InChI=1S/C43H53N3O6S2/c1-8-9-25-46-39-23-22-36(54(50,51)52)27-38(39)43(6,7)40(46)24-18-33-12-10-11-32(41(33)45-34-19-15-31(28-44)16-20-34)17-14-30(3)42(4,5)37-26-35(53(47,48)49)21-13-29(37)2/h13-24,26-27,45H,3,8-12,25,28,44H2,1-2,4-7H3,(H,47,48,49)(H,50,51,52)/b17-14+,33-18+,40-24+. The van der Waals surface area contributed by atoms with Crippen LogP contribution < -0.4 is 16.0 Å². The van der Waals surface area contributed by atoms with Gasteiger partial charge in [0.2, 0.25) is 0 Å². The number of rotatable bonds is 13. The minimum absolute atomic E-state index is 0.116. The maximum Gasteiger partial charge on any atom is 0.294 e. The summed E-state index contributed by atoms with van der Waals surface area (Å²) in [5.41, 5.74) is 15.1. The normalized spacial score (nSPS) is 17.8. The molecule has 1 aliphatic carbocycles. The van der Waals surface area contributed by atoms with E-state index in [1.165, 1.54) is 18.2 Å². The van der Waals surface area contributed by atoms with Crippen molar-refractivity contribution in [3.63, 3.8) is 0 Å². The average molecular weight is 772 g/mol. The van der Waals surface area contributed by atoms with Crippen molar-refractivity contribution >= 4 is 31.6 Å². The lowest BCUT2D eigenvalue weighted by atomic mass is 9.76. The number of nitrogens with one attached hydrogen (secondary N) is 1. The zero-order chi connectivity index (χ0) is 39.6. The molecule has 9 nitrogen and oxygen atoms in total. The Kier molecular flexibility index (Phi) is 12.0. The zero-order valence-corrected chi connectivity index (χ0v) is 33.7. The number of aryl methyl sites for hydroxylation is 1. The van der Waals surface area contributed by atoms with Gasteiger partial charge in [-0.1, -0.05) is 84.0 Å². The van der Waals surface area contributed by atoms with Gasteiger partial charge in [0.1, 0.15) is 0 Å². The highest BCUT2D eigenvalue weighted by Gasteiger charge is 2.40. The van der Waals surface area contributed by atoms with Crippen LogP contribution in [0.4, 0.5) is 11.4 Å². The molecule has 0 atom stereocenters.